The van der Waals surface area contributed by atoms with Crippen molar-refractivity contribution < 1.29 is 27.5 Å². The first-order valence-corrected chi connectivity index (χ1v) is 15.4. The van der Waals surface area contributed by atoms with Crippen molar-refractivity contribution >= 4 is 27.5 Å². The lowest BCUT2D eigenvalue weighted by molar-refractivity contribution is -0.141. The van der Waals surface area contributed by atoms with Gasteiger partial charge in [-0.25, -0.2) is 8.42 Å². The lowest BCUT2D eigenvalue weighted by Gasteiger charge is -2.31. The molecule has 0 aliphatic heterocycles. The molecule has 0 aliphatic rings. The number of carbonyl (C=O) groups excluding carboxylic acids is 2. The zero-order chi connectivity index (χ0) is 28.8. The third kappa shape index (κ3) is 10.1. The molecular weight excluding hydrogens is 518 g/mol. The minimum Gasteiger partial charge on any atom is -0.497 e. The molecule has 0 spiro atoms. The van der Waals surface area contributed by atoms with Gasteiger partial charge in [-0.1, -0.05) is 32.4 Å². The molecule has 1 atom stereocenters. The number of hydrogen-bond donors (Lipinski definition) is 1. The van der Waals surface area contributed by atoms with Crippen LogP contribution in [0.4, 0.5) is 5.69 Å². The van der Waals surface area contributed by atoms with Gasteiger partial charge in [0.15, 0.2) is 0 Å². The number of nitrogens with one attached hydrogen (secondary N) is 1. The van der Waals surface area contributed by atoms with Crippen LogP contribution in [0.25, 0.3) is 0 Å². The molecule has 2 amide bonds. The van der Waals surface area contributed by atoms with Crippen molar-refractivity contribution in [2.24, 2.45) is 0 Å². The molecule has 0 saturated carbocycles. The number of benzene rings is 2. The Bertz CT molecular complexity index is 1140. The van der Waals surface area contributed by atoms with Gasteiger partial charge in [0, 0.05) is 26.1 Å². The molecular formula is C29H43N3O6S. The monoisotopic (exact) mass is 561 g/mol. The third-order valence-corrected chi connectivity index (χ3v) is 7.51. The summed E-state index contributed by atoms with van der Waals surface area (Å²) in [6, 6.07) is 13.6. The fourth-order valence-corrected chi connectivity index (χ4v) is 5.20. The number of ether oxygens (including phenoxy) is 2. The minimum atomic E-state index is -3.57. The molecule has 10 heteroatoms. The van der Waals surface area contributed by atoms with Gasteiger partial charge in [0.2, 0.25) is 21.8 Å². The number of hydrogen-bond acceptors (Lipinski definition) is 6. The zero-order valence-corrected chi connectivity index (χ0v) is 24.6. The van der Waals surface area contributed by atoms with E-state index in [0.717, 1.165) is 24.7 Å². The number of rotatable bonds is 17. The maximum absolute atomic E-state index is 13.5. The van der Waals surface area contributed by atoms with Crippen LogP contribution in [0.3, 0.4) is 0 Å². The van der Waals surface area contributed by atoms with Gasteiger partial charge in [-0.3, -0.25) is 13.9 Å². The van der Waals surface area contributed by atoms with Crippen molar-refractivity contribution in [2.75, 3.05) is 37.4 Å². The Morgan fingerprint density at radius 2 is 1.59 bits per heavy atom. The molecule has 9 nitrogen and oxygen atoms in total. The second kappa shape index (κ2) is 16.0. The second-order valence-corrected chi connectivity index (χ2v) is 11.2. The van der Waals surface area contributed by atoms with Crippen molar-refractivity contribution in [3.8, 4) is 11.5 Å². The summed E-state index contributed by atoms with van der Waals surface area (Å²) in [6.07, 6.45) is 3.82. The van der Waals surface area contributed by atoms with Crippen LogP contribution in [0.15, 0.2) is 48.5 Å². The van der Waals surface area contributed by atoms with E-state index in [4.69, 9.17) is 9.47 Å². The van der Waals surface area contributed by atoms with Crippen LogP contribution in [0.5, 0.6) is 11.5 Å². The van der Waals surface area contributed by atoms with Gasteiger partial charge in [0.1, 0.15) is 17.5 Å². The highest BCUT2D eigenvalue weighted by Crippen LogP contribution is 2.23. The molecule has 1 N–H and O–H groups in total. The fraction of sp³-hybridized carbons (Fsp3) is 0.517. The number of nitrogens with zero attached hydrogens (tertiary/aromatic N) is 2. The molecule has 2 aromatic carbocycles. The van der Waals surface area contributed by atoms with Gasteiger partial charge in [0.05, 0.1) is 25.7 Å². The van der Waals surface area contributed by atoms with E-state index in [1.54, 1.807) is 36.3 Å². The normalized spacial score (nSPS) is 11.9. The van der Waals surface area contributed by atoms with Gasteiger partial charge in [0.25, 0.3) is 0 Å². The van der Waals surface area contributed by atoms with Crippen LogP contribution in [-0.2, 0) is 26.2 Å². The summed E-state index contributed by atoms with van der Waals surface area (Å²) in [7, 11) is -1.98. The first-order chi connectivity index (χ1) is 18.6. The third-order valence-electron chi connectivity index (χ3n) is 6.32. The van der Waals surface area contributed by atoms with Gasteiger partial charge in [-0.15, -0.1) is 0 Å². The van der Waals surface area contributed by atoms with E-state index in [-0.39, 0.29) is 31.3 Å². The average Bonchev–Trinajstić information content (AvgIpc) is 2.91. The van der Waals surface area contributed by atoms with E-state index in [1.807, 2.05) is 38.1 Å². The maximum atomic E-state index is 13.5. The summed E-state index contributed by atoms with van der Waals surface area (Å²) in [4.78, 5) is 28.2. The number of anilines is 1. The molecule has 39 heavy (non-hydrogen) atoms. The first kappa shape index (κ1) is 31.9. The first-order valence-electron chi connectivity index (χ1n) is 13.5. The lowest BCUT2D eigenvalue weighted by atomic mass is 10.1. The van der Waals surface area contributed by atoms with Crippen LogP contribution >= 0.6 is 0 Å². The second-order valence-electron chi connectivity index (χ2n) is 9.30. The van der Waals surface area contributed by atoms with Crippen molar-refractivity contribution in [3.05, 3.63) is 54.1 Å². The van der Waals surface area contributed by atoms with Gasteiger partial charge >= 0.3 is 0 Å². The number of carbonyl (C=O) groups is 2. The average molecular weight is 562 g/mol. The molecule has 2 rings (SSSR count). The molecule has 0 aromatic heterocycles. The van der Waals surface area contributed by atoms with E-state index < -0.39 is 16.1 Å². The summed E-state index contributed by atoms with van der Waals surface area (Å²) in [5.41, 5.74) is 1.38. The van der Waals surface area contributed by atoms with E-state index in [1.165, 1.54) is 4.31 Å². The summed E-state index contributed by atoms with van der Waals surface area (Å²) in [5.74, 6) is 0.974. The molecule has 0 radical (unpaired) electrons. The van der Waals surface area contributed by atoms with Crippen molar-refractivity contribution in [1.82, 2.24) is 10.2 Å². The fourth-order valence-electron chi connectivity index (χ4n) is 4.23. The van der Waals surface area contributed by atoms with Crippen LogP contribution in [0.2, 0.25) is 0 Å². The van der Waals surface area contributed by atoms with E-state index in [9.17, 15) is 18.0 Å². The van der Waals surface area contributed by atoms with Crippen LogP contribution in [0, 0.1) is 0 Å². The molecule has 2 aromatic rings. The summed E-state index contributed by atoms with van der Waals surface area (Å²) >= 11 is 0. The van der Waals surface area contributed by atoms with Crippen molar-refractivity contribution in [2.45, 2.75) is 65.5 Å². The van der Waals surface area contributed by atoms with Gasteiger partial charge < -0.3 is 19.7 Å². The predicted molar refractivity (Wildman–Crippen MR) is 155 cm³/mol. The van der Waals surface area contributed by atoms with Crippen LogP contribution in [0.1, 0.15) is 58.4 Å². The topological polar surface area (TPSA) is 105 Å². The molecule has 0 aliphatic carbocycles. The Balaban J connectivity index is 2.19. The molecule has 0 unspecified atom stereocenters. The summed E-state index contributed by atoms with van der Waals surface area (Å²) in [6.45, 7) is 7.28. The highest BCUT2D eigenvalue weighted by Gasteiger charge is 2.28. The summed E-state index contributed by atoms with van der Waals surface area (Å²) in [5, 5.41) is 2.95. The Labute approximate surface area is 233 Å². The Morgan fingerprint density at radius 3 is 2.13 bits per heavy atom. The van der Waals surface area contributed by atoms with Gasteiger partial charge in [-0.05, 0) is 68.1 Å². The quantitative estimate of drug-likeness (QED) is 0.288. The van der Waals surface area contributed by atoms with E-state index >= 15 is 0 Å². The zero-order valence-electron chi connectivity index (χ0n) is 23.8. The number of sulfonamides is 1. The standard InChI is InChI=1S/C29H43N3O6S/c1-6-9-20-30-29(34)27(7-2)31(22-23-12-16-25(37-4)17-13-23)28(33)11-10-21-32(39(5,35)36)24-14-18-26(19-15-24)38-8-3/h12-19,27H,6-11,20-22H2,1-5H3,(H,30,34)/t27-/m1/s1. The van der Waals surface area contributed by atoms with E-state index in [2.05, 4.69) is 12.2 Å². The molecule has 0 heterocycles. The lowest BCUT2D eigenvalue weighted by Crippen LogP contribution is -2.49. The smallest absolute Gasteiger partial charge is 0.242 e. The predicted octanol–water partition coefficient (Wildman–Crippen LogP) is 4.36. The highest BCUT2D eigenvalue weighted by molar-refractivity contribution is 7.92. The molecule has 216 valence electrons. The van der Waals surface area contributed by atoms with E-state index in [0.29, 0.717) is 43.2 Å². The Hall–Kier alpha value is -3.27. The maximum Gasteiger partial charge on any atom is 0.242 e. The minimum absolute atomic E-state index is 0.0952. The van der Waals surface area contributed by atoms with Crippen molar-refractivity contribution in [1.29, 1.82) is 0 Å². The number of methoxy groups -OCH3 is 1. The number of amides is 2. The molecule has 0 fully saturated rings. The summed E-state index contributed by atoms with van der Waals surface area (Å²) < 4.78 is 37.1. The molecule has 0 bridgehead atoms. The van der Waals surface area contributed by atoms with Crippen LogP contribution in [-0.4, -0.2) is 64.2 Å². The van der Waals surface area contributed by atoms with Crippen LogP contribution < -0.4 is 19.1 Å². The Morgan fingerprint density at radius 1 is 0.949 bits per heavy atom. The largest absolute Gasteiger partial charge is 0.497 e. The Kier molecular flexibility index (Phi) is 13.1. The van der Waals surface area contributed by atoms with Crippen molar-refractivity contribution in [3.63, 3.8) is 0 Å². The number of unbranched alkanes of at least 4 members (excludes halogenated alkanes) is 1. The van der Waals surface area contributed by atoms with Gasteiger partial charge in [-0.2, -0.15) is 0 Å². The highest BCUT2D eigenvalue weighted by atomic mass is 32.2. The SMILES string of the molecule is CCCCNC(=O)[C@@H](CC)N(Cc1ccc(OC)cc1)C(=O)CCCN(c1ccc(OCC)cc1)S(C)(=O)=O. The molecule has 0 saturated heterocycles.